The first-order valence-corrected chi connectivity index (χ1v) is 11.1. The van der Waals surface area contributed by atoms with Gasteiger partial charge in [0.2, 0.25) is 0 Å². The number of halogens is 2. The number of hydrogen-bond acceptors (Lipinski definition) is 5. The molecule has 1 fully saturated rings. The Hall–Kier alpha value is -1.21. The van der Waals surface area contributed by atoms with Crippen LogP contribution in [0.3, 0.4) is 0 Å². The smallest absolute Gasteiger partial charge is 0.186 e. The van der Waals surface area contributed by atoms with Crippen LogP contribution in [0.5, 0.6) is 0 Å². The molecule has 0 spiro atoms. The predicted octanol–water partition coefficient (Wildman–Crippen LogP) is 4.39. The van der Waals surface area contributed by atoms with Crippen molar-refractivity contribution in [3.63, 3.8) is 0 Å². The van der Waals surface area contributed by atoms with Crippen molar-refractivity contribution in [2.75, 3.05) is 52.2 Å². The number of thiazole rings is 1. The molecule has 3 rings (SSSR count). The van der Waals surface area contributed by atoms with E-state index in [-0.39, 0.29) is 5.82 Å². The predicted molar refractivity (Wildman–Crippen MR) is 117 cm³/mol. The molecule has 0 amide bonds. The second kappa shape index (κ2) is 10.0. The Balaban J connectivity index is 1.46. The monoisotopic (exact) mass is 424 g/mol. The number of anilines is 1. The lowest BCUT2D eigenvalue weighted by Gasteiger charge is -2.34. The van der Waals surface area contributed by atoms with Gasteiger partial charge in [-0.25, -0.2) is 9.37 Å². The number of hydrogen-bond donors (Lipinski definition) is 0. The van der Waals surface area contributed by atoms with Crippen LogP contribution in [-0.4, -0.2) is 62.1 Å². The molecule has 0 N–H and O–H groups in total. The molecule has 1 atom stereocenters. The lowest BCUT2D eigenvalue weighted by Crippen LogP contribution is -2.40. The van der Waals surface area contributed by atoms with Gasteiger partial charge in [-0.15, -0.1) is 0 Å². The molecule has 1 aliphatic rings. The maximum atomic E-state index is 13.0. The van der Waals surface area contributed by atoms with E-state index >= 15 is 0 Å². The maximum Gasteiger partial charge on any atom is 0.186 e. The molecule has 1 aliphatic heterocycles. The Kier molecular flexibility index (Phi) is 7.69. The van der Waals surface area contributed by atoms with E-state index in [1.165, 1.54) is 18.4 Å². The number of piperidine rings is 1. The highest BCUT2D eigenvalue weighted by atomic mass is 35.5. The molecule has 2 aromatic rings. The van der Waals surface area contributed by atoms with Gasteiger partial charge in [0.05, 0.1) is 4.88 Å². The molecule has 0 radical (unpaired) electrons. The Bertz CT molecular complexity index is 749. The number of likely N-dealkylation sites (tertiary alicyclic amines) is 1. The molecule has 1 aromatic carbocycles. The first-order chi connectivity index (χ1) is 13.4. The molecule has 28 heavy (non-hydrogen) atoms. The molecule has 1 aromatic heterocycles. The molecular weight excluding hydrogens is 395 g/mol. The Morgan fingerprint density at radius 1 is 1.25 bits per heavy atom. The van der Waals surface area contributed by atoms with E-state index < -0.39 is 0 Å². The van der Waals surface area contributed by atoms with Crippen molar-refractivity contribution in [3.05, 3.63) is 45.7 Å². The molecule has 1 saturated heterocycles. The summed E-state index contributed by atoms with van der Waals surface area (Å²) in [6, 6.07) is 6.89. The largest absolute Gasteiger partial charge is 0.354 e. The Labute approximate surface area is 176 Å². The average molecular weight is 425 g/mol. The van der Waals surface area contributed by atoms with Crippen LogP contribution in [0.4, 0.5) is 9.52 Å². The SMILES string of the molecule is CN(Cc1sc(N(C)C)nc1Cl)CC1CCCN(CCc2ccc(F)cc2)C1. The quantitative estimate of drug-likeness (QED) is 0.626. The van der Waals surface area contributed by atoms with Crippen LogP contribution in [0, 0.1) is 11.7 Å². The Morgan fingerprint density at radius 3 is 2.68 bits per heavy atom. The summed E-state index contributed by atoms with van der Waals surface area (Å²) in [5.41, 5.74) is 1.21. The normalized spacial score (nSPS) is 18.0. The fourth-order valence-electron chi connectivity index (χ4n) is 3.80. The molecule has 0 aliphatic carbocycles. The maximum absolute atomic E-state index is 13.0. The molecule has 1 unspecified atom stereocenters. The van der Waals surface area contributed by atoms with Crippen molar-refractivity contribution in [2.24, 2.45) is 5.92 Å². The lowest BCUT2D eigenvalue weighted by molar-refractivity contribution is 0.142. The van der Waals surface area contributed by atoms with E-state index in [4.69, 9.17) is 11.6 Å². The third kappa shape index (κ3) is 6.14. The minimum absolute atomic E-state index is 0.163. The van der Waals surface area contributed by atoms with Crippen LogP contribution >= 0.6 is 22.9 Å². The second-order valence-electron chi connectivity index (χ2n) is 7.99. The van der Waals surface area contributed by atoms with Crippen molar-refractivity contribution < 1.29 is 4.39 Å². The van der Waals surface area contributed by atoms with E-state index in [1.54, 1.807) is 23.5 Å². The zero-order valence-electron chi connectivity index (χ0n) is 17.0. The summed E-state index contributed by atoms with van der Waals surface area (Å²) in [6.07, 6.45) is 3.50. The minimum atomic E-state index is -0.163. The fourth-order valence-corrected chi connectivity index (χ4v) is 5.06. The van der Waals surface area contributed by atoms with Crippen LogP contribution in [-0.2, 0) is 13.0 Å². The van der Waals surface area contributed by atoms with Gasteiger partial charge in [-0.1, -0.05) is 35.1 Å². The summed E-state index contributed by atoms with van der Waals surface area (Å²) in [7, 11) is 6.15. The average Bonchev–Trinajstić information content (AvgIpc) is 3.02. The van der Waals surface area contributed by atoms with Crippen LogP contribution in [0.1, 0.15) is 23.3 Å². The standard InChI is InChI=1S/C21H30ClFN4S/c1-25(2)21-24-20(22)19(28-21)15-26(3)13-17-5-4-11-27(14-17)12-10-16-6-8-18(23)9-7-16/h6-9,17H,4-5,10-15H2,1-3H3. The number of benzene rings is 1. The van der Waals surface area contributed by atoms with Gasteiger partial charge in [-0.2, -0.15) is 0 Å². The highest BCUT2D eigenvalue weighted by molar-refractivity contribution is 7.16. The molecule has 154 valence electrons. The van der Waals surface area contributed by atoms with Crippen LogP contribution in [0.2, 0.25) is 5.15 Å². The molecule has 4 nitrogen and oxygen atoms in total. The van der Waals surface area contributed by atoms with Gasteiger partial charge >= 0.3 is 0 Å². The van der Waals surface area contributed by atoms with Gasteiger partial charge in [0.15, 0.2) is 5.13 Å². The van der Waals surface area contributed by atoms with Gasteiger partial charge in [0.25, 0.3) is 0 Å². The van der Waals surface area contributed by atoms with E-state index in [1.807, 2.05) is 31.1 Å². The van der Waals surface area contributed by atoms with Crippen LogP contribution in [0.25, 0.3) is 0 Å². The summed E-state index contributed by atoms with van der Waals surface area (Å²) in [4.78, 5) is 12.5. The molecular formula is C21H30ClFN4S. The van der Waals surface area contributed by atoms with Crippen molar-refractivity contribution in [3.8, 4) is 0 Å². The molecule has 2 heterocycles. The highest BCUT2D eigenvalue weighted by Crippen LogP contribution is 2.30. The van der Waals surface area contributed by atoms with Gasteiger partial charge in [0, 0.05) is 40.3 Å². The molecule has 7 heteroatoms. The number of nitrogens with zero attached hydrogens (tertiary/aromatic N) is 4. The van der Waals surface area contributed by atoms with E-state index in [0.717, 1.165) is 49.2 Å². The van der Waals surface area contributed by atoms with Gasteiger partial charge < -0.3 is 14.7 Å². The topological polar surface area (TPSA) is 22.6 Å². The van der Waals surface area contributed by atoms with E-state index in [0.29, 0.717) is 11.1 Å². The summed E-state index contributed by atoms with van der Waals surface area (Å²) in [5, 5.41) is 1.59. The van der Waals surface area contributed by atoms with E-state index in [2.05, 4.69) is 21.8 Å². The minimum Gasteiger partial charge on any atom is -0.354 e. The van der Waals surface area contributed by atoms with E-state index in [9.17, 15) is 4.39 Å². The summed E-state index contributed by atoms with van der Waals surface area (Å²) < 4.78 is 13.0. The third-order valence-corrected chi connectivity index (χ3v) is 6.87. The summed E-state index contributed by atoms with van der Waals surface area (Å²) in [6.45, 7) is 5.24. The third-order valence-electron chi connectivity index (χ3n) is 5.24. The zero-order valence-corrected chi connectivity index (χ0v) is 18.6. The number of aromatic nitrogens is 1. The number of rotatable bonds is 8. The molecule has 0 bridgehead atoms. The first-order valence-electron chi connectivity index (χ1n) is 9.88. The highest BCUT2D eigenvalue weighted by Gasteiger charge is 2.22. The first kappa shape index (κ1) is 21.5. The molecule has 0 saturated carbocycles. The Morgan fingerprint density at radius 2 is 2.00 bits per heavy atom. The van der Waals surface area contributed by atoms with Gasteiger partial charge in [-0.3, -0.25) is 0 Å². The summed E-state index contributed by atoms with van der Waals surface area (Å²) in [5.74, 6) is 0.510. The van der Waals surface area contributed by atoms with Crippen molar-refractivity contribution in [1.82, 2.24) is 14.8 Å². The lowest BCUT2D eigenvalue weighted by atomic mass is 9.97. The van der Waals surface area contributed by atoms with Gasteiger partial charge in [0.1, 0.15) is 11.0 Å². The van der Waals surface area contributed by atoms with Crippen molar-refractivity contribution in [1.29, 1.82) is 0 Å². The van der Waals surface area contributed by atoms with Crippen LogP contribution in [0.15, 0.2) is 24.3 Å². The van der Waals surface area contributed by atoms with Gasteiger partial charge in [-0.05, 0) is 56.5 Å². The van der Waals surface area contributed by atoms with Crippen molar-refractivity contribution >= 4 is 28.1 Å². The van der Waals surface area contributed by atoms with Crippen LogP contribution < -0.4 is 4.90 Å². The fraction of sp³-hybridized carbons (Fsp3) is 0.571. The summed E-state index contributed by atoms with van der Waals surface area (Å²) >= 11 is 7.99. The second-order valence-corrected chi connectivity index (χ2v) is 9.41. The van der Waals surface area contributed by atoms with Crippen molar-refractivity contribution in [2.45, 2.75) is 25.8 Å². The zero-order chi connectivity index (χ0) is 20.1.